The van der Waals surface area contributed by atoms with Gasteiger partial charge in [-0.3, -0.25) is 0 Å². The Morgan fingerprint density at radius 2 is 1.53 bits per heavy atom. The smallest absolute Gasteiger partial charge is 0.387 e. The van der Waals surface area contributed by atoms with Crippen molar-refractivity contribution < 1.29 is 22.3 Å². The molecule has 1 aliphatic carbocycles. The first-order valence-electron chi connectivity index (χ1n) is 11.9. The van der Waals surface area contributed by atoms with Gasteiger partial charge in [0.15, 0.2) is 17.4 Å². The van der Waals surface area contributed by atoms with Crippen molar-refractivity contribution in [2.24, 2.45) is 17.8 Å². The minimum Gasteiger partial charge on any atom is -0.429 e. The van der Waals surface area contributed by atoms with E-state index in [1.54, 1.807) is 12.1 Å². The molecule has 0 radical (unpaired) electrons. The van der Waals surface area contributed by atoms with Gasteiger partial charge in [-0.2, -0.15) is 8.78 Å². The van der Waals surface area contributed by atoms with Crippen LogP contribution in [-0.4, -0.2) is 15.4 Å². The molecule has 6 heteroatoms. The summed E-state index contributed by atoms with van der Waals surface area (Å²) in [5, 5.41) is 0. The second-order valence-corrected chi connectivity index (χ2v) is 13.2. The Labute approximate surface area is 180 Å². The van der Waals surface area contributed by atoms with E-state index < -0.39 is 24.0 Å². The number of hydrogen-bond donors (Lipinski definition) is 0. The molecule has 1 aliphatic heterocycles. The molecule has 1 heterocycles. The van der Waals surface area contributed by atoms with E-state index in [2.05, 4.69) is 11.7 Å². The van der Waals surface area contributed by atoms with Gasteiger partial charge in [-0.15, -0.1) is 0 Å². The summed E-state index contributed by atoms with van der Waals surface area (Å²) >= 11 is 0. The second-order valence-electron chi connectivity index (χ2n) is 9.48. The van der Waals surface area contributed by atoms with Crippen molar-refractivity contribution >= 4 is 8.80 Å². The third-order valence-corrected chi connectivity index (χ3v) is 11.1. The normalized spacial score (nSPS) is 27.4. The molecule has 1 nitrogen and oxygen atoms in total. The molecule has 30 heavy (non-hydrogen) atoms. The minimum absolute atomic E-state index is 0.359. The molecular formula is C24H36F4OSi. The lowest BCUT2D eigenvalue weighted by Gasteiger charge is -2.37. The maximum Gasteiger partial charge on any atom is 0.387 e. The number of hydrogen-bond acceptors (Lipinski definition) is 1. The van der Waals surface area contributed by atoms with Crippen molar-refractivity contribution in [1.29, 1.82) is 0 Å². The monoisotopic (exact) mass is 444 g/mol. The van der Waals surface area contributed by atoms with Gasteiger partial charge in [-0.05, 0) is 61.1 Å². The van der Waals surface area contributed by atoms with Crippen molar-refractivity contribution in [3.05, 3.63) is 29.3 Å². The van der Waals surface area contributed by atoms with Crippen LogP contribution >= 0.6 is 0 Å². The minimum atomic E-state index is -3.23. The third kappa shape index (κ3) is 6.73. The molecule has 170 valence electrons. The van der Waals surface area contributed by atoms with Gasteiger partial charge in [-0.1, -0.05) is 63.6 Å². The Kier molecular flexibility index (Phi) is 9.08. The van der Waals surface area contributed by atoms with Gasteiger partial charge in [0.05, 0.1) is 0 Å². The van der Waals surface area contributed by atoms with Crippen molar-refractivity contribution in [3.63, 3.8) is 0 Å². The lowest BCUT2D eigenvalue weighted by Crippen LogP contribution is -2.28. The van der Waals surface area contributed by atoms with Crippen LogP contribution in [0.25, 0.3) is 0 Å². The van der Waals surface area contributed by atoms with Crippen LogP contribution in [0.3, 0.4) is 0 Å². The Bertz CT molecular complexity index is 630. The van der Waals surface area contributed by atoms with Gasteiger partial charge in [-0.25, -0.2) is 8.78 Å². The number of alkyl halides is 2. The maximum absolute atomic E-state index is 13.8. The highest BCUT2D eigenvalue weighted by molar-refractivity contribution is 6.58. The van der Waals surface area contributed by atoms with Gasteiger partial charge in [0.1, 0.15) is 0 Å². The largest absolute Gasteiger partial charge is 0.429 e. The van der Waals surface area contributed by atoms with Gasteiger partial charge in [0.2, 0.25) is 0 Å². The van der Waals surface area contributed by atoms with Crippen LogP contribution in [0.15, 0.2) is 12.1 Å². The molecule has 0 amide bonds. The first kappa shape index (κ1) is 23.6. The molecule has 0 aromatic heterocycles. The fraction of sp³-hybridized carbons (Fsp3) is 0.750. The SMILES string of the molecule is CC[SiH]1CCC([C@H]2CC[C@H](CCCCc3cc(F)c(OC(F)F)c(F)c3)CC2)CC1. The lowest BCUT2D eigenvalue weighted by molar-refractivity contribution is -0.0546. The number of rotatable bonds is 9. The van der Waals surface area contributed by atoms with Crippen LogP contribution in [0.5, 0.6) is 5.75 Å². The van der Waals surface area contributed by atoms with E-state index in [4.69, 9.17) is 0 Å². The predicted molar refractivity (Wildman–Crippen MR) is 116 cm³/mol. The molecule has 1 saturated carbocycles. The molecule has 1 aromatic rings. The zero-order chi connectivity index (χ0) is 21.5. The fourth-order valence-electron chi connectivity index (χ4n) is 5.74. The zero-order valence-corrected chi connectivity index (χ0v) is 19.3. The Morgan fingerprint density at radius 1 is 0.933 bits per heavy atom. The van der Waals surface area contributed by atoms with E-state index in [-0.39, 0.29) is 8.80 Å². The number of aryl methyl sites for hydroxylation is 1. The fourth-order valence-corrected chi connectivity index (χ4v) is 8.64. The van der Waals surface area contributed by atoms with Crippen molar-refractivity contribution in [3.8, 4) is 5.75 Å². The summed E-state index contributed by atoms with van der Waals surface area (Å²) in [5.41, 5.74) is 0.501. The van der Waals surface area contributed by atoms with E-state index in [1.165, 1.54) is 51.0 Å². The number of unbranched alkanes of at least 4 members (excludes halogenated alkanes) is 1. The van der Waals surface area contributed by atoms with E-state index in [0.29, 0.717) is 12.0 Å². The summed E-state index contributed by atoms with van der Waals surface area (Å²) in [7, 11) is -0.359. The number of halogens is 4. The second kappa shape index (κ2) is 11.5. The van der Waals surface area contributed by atoms with Gasteiger partial charge in [0.25, 0.3) is 0 Å². The highest BCUT2D eigenvalue weighted by Crippen LogP contribution is 2.41. The van der Waals surface area contributed by atoms with E-state index in [9.17, 15) is 17.6 Å². The van der Waals surface area contributed by atoms with Crippen LogP contribution in [0.1, 0.15) is 70.3 Å². The molecule has 0 bridgehead atoms. The molecule has 0 unspecified atom stereocenters. The highest BCUT2D eigenvalue weighted by Gasteiger charge is 2.30. The topological polar surface area (TPSA) is 9.23 Å². The summed E-state index contributed by atoms with van der Waals surface area (Å²) in [4.78, 5) is 0. The lowest BCUT2D eigenvalue weighted by atomic mass is 9.73. The Balaban J connectivity index is 1.34. The predicted octanol–water partition coefficient (Wildman–Crippen LogP) is 7.74. The first-order chi connectivity index (χ1) is 14.5. The van der Waals surface area contributed by atoms with Crippen molar-refractivity contribution in [2.75, 3.05) is 0 Å². The standard InChI is InChI=1S/C24H36F4OSi/c1-2-30-13-11-20(12-14-30)19-9-7-17(8-10-19)5-3-4-6-18-15-21(25)23(22(26)16-18)29-24(27)28/h15-17,19-20,24,30H,2-14H2,1H3/t17-,19-,20?,30?. The maximum atomic E-state index is 13.8. The van der Waals surface area contributed by atoms with Crippen molar-refractivity contribution in [1.82, 2.24) is 0 Å². The number of benzene rings is 1. The molecule has 0 atom stereocenters. The van der Waals surface area contributed by atoms with Crippen LogP contribution in [-0.2, 0) is 6.42 Å². The van der Waals surface area contributed by atoms with E-state index in [0.717, 1.165) is 42.7 Å². The molecular weight excluding hydrogens is 408 g/mol. The molecule has 1 saturated heterocycles. The molecule has 2 fully saturated rings. The van der Waals surface area contributed by atoms with Crippen LogP contribution < -0.4 is 4.74 Å². The average Bonchev–Trinajstić information content (AvgIpc) is 2.74. The van der Waals surface area contributed by atoms with Gasteiger partial charge < -0.3 is 4.74 Å². The summed E-state index contributed by atoms with van der Waals surface area (Å²) in [6.07, 6.45) is 12.1. The highest BCUT2D eigenvalue weighted by atomic mass is 28.3. The Hall–Kier alpha value is -1.04. The van der Waals surface area contributed by atoms with Crippen LogP contribution in [0.4, 0.5) is 17.6 Å². The third-order valence-electron chi connectivity index (χ3n) is 7.62. The molecule has 2 aliphatic rings. The first-order valence-corrected chi connectivity index (χ1v) is 14.3. The summed E-state index contributed by atoms with van der Waals surface area (Å²) < 4.78 is 56.0. The molecule has 1 aromatic carbocycles. The van der Waals surface area contributed by atoms with Crippen LogP contribution in [0, 0.1) is 29.4 Å². The average molecular weight is 445 g/mol. The molecule has 0 N–H and O–H groups in total. The quantitative estimate of drug-likeness (QED) is 0.215. The van der Waals surface area contributed by atoms with Crippen molar-refractivity contribution in [2.45, 2.75) is 95.9 Å². The van der Waals surface area contributed by atoms with Gasteiger partial charge >= 0.3 is 6.61 Å². The Morgan fingerprint density at radius 3 is 2.10 bits per heavy atom. The van der Waals surface area contributed by atoms with Crippen LogP contribution in [0.2, 0.25) is 18.1 Å². The zero-order valence-electron chi connectivity index (χ0n) is 18.2. The molecule has 0 spiro atoms. The summed E-state index contributed by atoms with van der Waals surface area (Å²) in [6, 6.07) is 6.84. The van der Waals surface area contributed by atoms with Gasteiger partial charge in [0, 0.05) is 8.80 Å². The summed E-state index contributed by atoms with van der Waals surface area (Å²) in [6.45, 7) is -0.852. The van der Waals surface area contributed by atoms with E-state index in [1.807, 2.05) is 0 Å². The molecule has 3 rings (SSSR count). The number of ether oxygens (including phenoxy) is 1. The van der Waals surface area contributed by atoms with E-state index >= 15 is 0 Å². The summed E-state index contributed by atoms with van der Waals surface area (Å²) in [5.74, 6) is -0.372.